The van der Waals surface area contributed by atoms with E-state index >= 15 is 0 Å². The van der Waals surface area contributed by atoms with Gasteiger partial charge in [-0.05, 0) is 63.5 Å². The van der Waals surface area contributed by atoms with Crippen molar-refractivity contribution in [2.45, 2.75) is 26.2 Å². The van der Waals surface area contributed by atoms with Crippen molar-refractivity contribution in [1.29, 1.82) is 0 Å². The molecule has 1 rings (SSSR count). The molecular weight excluding hydrogens is 205 g/mol. The number of hydrogen-bond acceptors (Lipinski definition) is 2. The van der Waals surface area contributed by atoms with Crippen molar-refractivity contribution in [3.8, 4) is 5.75 Å². The van der Waals surface area contributed by atoms with Gasteiger partial charge in [0.2, 0.25) is 0 Å². The summed E-state index contributed by atoms with van der Waals surface area (Å²) in [5, 5.41) is 3.11. The molecule has 0 aliphatic rings. The summed E-state index contributed by atoms with van der Waals surface area (Å²) in [6, 6.07) is 4.62. The normalized spacial score (nSPS) is 10.4. The molecule has 0 aliphatic heterocycles. The number of nitrogens with one attached hydrogen (secondary N) is 1. The van der Waals surface area contributed by atoms with Crippen molar-refractivity contribution < 1.29 is 9.13 Å². The van der Waals surface area contributed by atoms with Gasteiger partial charge in [0.15, 0.2) is 0 Å². The molecule has 0 heterocycles. The van der Waals surface area contributed by atoms with E-state index in [2.05, 4.69) is 5.32 Å². The Kier molecular flexibility index (Phi) is 5.86. The van der Waals surface area contributed by atoms with Crippen LogP contribution in [0, 0.1) is 12.7 Å². The molecule has 1 N–H and O–H groups in total. The van der Waals surface area contributed by atoms with Crippen LogP contribution in [0.4, 0.5) is 4.39 Å². The van der Waals surface area contributed by atoms with Crippen LogP contribution >= 0.6 is 0 Å². The molecule has 1 aromatic rings. The number of ether oxygens (including phenoxy) is 1. The van der Waals surface area contributed by atoms with Gasteiger partial charge in [-0.3, -0.25) is 0 Å². The fourth-order valence-electron chi connectivity index (χ4n) is 1.54. The van der Waals surface area contributed by atoms with E-state index in [1.54, 1.807) is 6.07 Å². The van der Waals surface area contributed by atoms with Crippen LogP contribution in [0.25, 0.3) is 0 Å². The summed E-state index contributed by atoms with van der Waals surface area (Å²) in [5.74, 6) is 0.578. The largest absolute Gasteiger partial charge is 0.493 e. The highest BCUT2D eigenvalue weighted by Gasteiger charge is 2.00. The Morgan fingerprint density at radius 1 is 1.25 bits per heavy atom. The van der Waals surface area contributed by atoms with Gasteiger partial charge in [0, 0.05) is 0 Å². The molecule has 0 aromatic heterocycles. The quantitative estimate of drug-likeness (QED) is 0.720. The summed E-state index contributed by atoms with van der Waals surface area (Å²) in [7, 11) is 1.96. The van der Waals surface area contributed by atoms with Gasteiger partial charge in [-0.15, -0.1) is 0 Å². The van der Waals surface area contributed by atoms with E-state index in [0.29, 0.717) is 6.61 Å². The molecule has 0 saturated carbocycles. The molecule has 16 heavy (non-hydrogen) atoms. The maximum atomic E-state index is 12.8. The molecule has 0 unspecified atom stereocenters. The predicted octanol–water partition coefficient (Wildman–Crippen LogP) is 2.90. The Morgan fingerprint density at radius 2 is 2.06 bits per heavy atom. The van der Waals surface area contributed by atoms with Gasteiger partial charge in [0.1, 0.15) is 11.6 Å². The van der Waals surface area contributed by atoms with E-state index in [0.717, 1.165) is 30.7 Å². The highest BCUT2D eigenvalue weighted by atomic mass is 19.1. The fraction of sp³-hybridized carbons (Fsp3) is 0.538. The molecule has 0 amide bonds. The van der Waals surface area contributed by atoms with Gasteiger partial charge in [0.25, 0.3) is 0 Å². The fourth-order valence-corrected chi connectivity index (χ4v) is 1.54. The second kappa shape index (κ2) is 7.23. The monoisotopic (exact) mass is 225 g/mol. The van der Waals surface area contributed by atoms with Gasteiger partial charge >= 0.3 is 0 Å². The average molecular weight is 225 g/mol. The number of benzene rings is 1. The van der Waals surface area contributed by atoms with Crippen molar-refractivity contribution in [2.75, 3.05) is 20.2 Å². The number of rotatable bonds is 7. The minimum atomic E-state index is -0.209. The number of unbranched alkanes of at least 4 members (excludes halogenated alkanes) is 2. The highest BCUT2D eigenvalue weighted by molar-refractivity contribution is 5.32. The van der Waals surface area contributed by atoms with E-state index in [9.17, 15) is 4.39 Å². The molecule has 0 atom stereocenters. The minimum absolute atomic E-state index is 0.209. The Hall–Kier alpha value is -1.09. The van der Waals surface area contributed by atoms with Gasteiger partial charge in [-0.25, -0.2) is 4.39 Å². The van der Waals surface area contributed by atoms with Crippen molar-refractivity contribution in [2.24, 2.45) is 0 Å². The SMILES string of the molecule is CNCCCCCOc1ccc(F)cc1C. The Balaban J connectivity index is 2.21. The molecule has 1 aromatic carbocycles. The number of hydrogen-bond donors (Lipinski definition) is 1. The molecular formula is C13H20FNO. The maximum Gasteiger partial charge on any atom is 0.123 e. The second-order valence-corrected chi connectivity index (χ2v) is 3.92. The van der Waals surface area contributed by atoms with Crippen molar-refractivity contribution >= 4 is 0 Å². The third kappa shape index (κ3) is 4.62. The molecule has 0 bridgehead atoms. The first-order chi connectivity index (χ1) is 7.74. The van der Waals surface area contributed by atoms with Crippen LogP contribution in [0.3, 0.4) is 0 Å². The second-order valence-electron chi connectivity index (χ2n) is 3.92. The van der Waals surface area contributed by atoms with Crippen LogP contribution in [-0.2, 0) is 0 Å². The minimum Gasteiger partial charge on any atom is -0.493 e. The Morgan fingerprint density at radius 3 is 2.75 bits per heavy atom. The molecule has 90 valence electrons. The van der Waals surface area contributed by atoms with Gasteiger partial charge in [0.05, 0.1) is 6.61 Å². The predicted molar refractivity (Wildman–Crippen MR) is 64.4 cm³/mol. The van der Waals surface area contributed by atoms with E-state index in [1.807, 2.05) is 14.0 Å². The summed E-state index contributed by atoms with van der Waals surface area (Å²) in [4.78, 5) is 0. The maximum absolute atomic E-state index is 12.8. The number of halogens is 1. The van der Waals surface area contributed by atoms with E-state index in [1.165, 1.54) is 18.6 Å². The lowest BCUT2D eigenvalue weighted by atomic mass is 10.2. The third-order valence-electron chi connectivity index (χ3n) is 2.47. The van der Waals surface area contributed by atoms with Crippen molar-refractivity contribution in [3.63, 3.8) is 0 Å². The lowest BCUT2D eigenvalue weighted by molar-refractivity contribution is 0.302. The van der Waals surface area contributed by atoms with Gasteiger partial charge in [-0.1, -0.05) is 0 Å². The van der Waals surface area contributed by atoms with Gasteiger partial charge < -0.3 is 10.1 Å². The summed E-state index contributed by atoms with van der Waals surface area (Å²) >= 11 is 0. The zero-order valence-electron chi connectivity index (χ0n) is 10.1. The zero-order chi connectivity index (χ0) is 11.8. The van der Waals surface area contributed by atoms with Crippen LogP contribution in [0.15, 0.2) is 18.2 Å². The van der Waals surface area contributed by atoms with E-state index < -0.39 is 0 Å². The van der Waals surface area contributed by atoms with Crippen LogP contribution in [0.2, 0.25) is 0 Å². The lowest BCUT2D eigenvalue weighted by Crippen LogP contribution is -2.08. The third-order valence-corrected chi connectivity index (χ3v) is 2.47. The topological polar surface area (TPSA) is 21.3 Å². The Labute approximate surface area is 96.8 Å². The van der Waals surface area contributed by atoms with Crippen LogP contribution < -0.4 is 10.1 Å². The molecule has 0 fully saturated rings. The zero-order valence-corrected chi connectivity index (χ0v) is 10.1. The highest BCUT2D eigenvalue weighted by Crippen LogP contribution is 2.18. The van der Waals surface area contributed by atoms with E-state index in [-0.39, 0.29) is 5.82 Å². The van der Waals surface area contributed by atoms with E-state index in [4.69, 9.17) is 4.74 Å². The van der Waals surface area contributed by atoms with Crippen LogP contribution in [0.1, 0.15) is 24.8 Å². The lowest BCUT2D eigenvalue weighted by Gasteiger charge is -2.08. The standard InChI is InChI=1S/C13H20FNO/c1-11-10-12(14)6-7-13(11)16-9-5-3-4-8-15-2/h6-7,10,15H,3-5,8-9H2,1-2H3. The smallest absolute Gasteiger partial charge is 0.123 e. The molecule has 3 heteroatoms. The summed E-state index contributed by atoms with van der Waals surface area (Å²) in [6.07, 6.45) is 3.36. The van der Waals surface area contributed by atoms with Crippen LogP contribution in [-0.4, -0.2) is 20.2 Å². The molecule has 0 aliphatic carbocycles. The van der Waals surface area contributed by atoms with Crippen molar-refractivity contribution in [1.82, 2.24) is 5.32 Å². The average Bonchev–Trinajstić information content (AvgIpc) is 2.26. The molecule has 0 radical (unpaired) electrons. The first kappa shape index (κ1) is 13.0. The molecule has 2 nitrogen and oxygen atoms in total. The van der Waals surface area contributed by atoms with Crippen LogP contribution in [0.5, 0.6) is 5.75 Å². The summed E-state index contributed by atoms with van der Waals surface area (Å²) in [5.41, 5.74) is 0.857. The number of aryl methyl sites for hydroxylation is 1. The summed E-state index contributed by atoms with van der Waals surface area (Å²) < 4.78 is 18.4. The first-order valence-electron chi connectivity index (χ1n) is 5.77. The first-order valence-corrected chi connectivity index (χ1v) is 5.77. The van der Waals surface area contributed by atoms with Gasteiger partial charge in [-0.2, -0.15) is 0 Å². The molecule has 0 saturated heterocycles. The Bertz CT molecular complexity index is 315. The summed E-state index contributed by atoms with van der Waals surface area (Å²) in [6.45, 7) is 3.62. The molecule has 0 spiro atoms. The van der Waals surface area contributed by atoms with Crippen molar-refractivity contribution in [3.05, 3.63) is 29.6 Å².